The van der Waals surface area contributed by atoms with E-state index in [0.717, 1.165) is 22.2 Å². The highest BCUT2D eigenvalue weighted by atomic mass is 79.9. The molecule has 0 spiro atoms. The van der Waals surface area contributed by atoms with Gasteiger partial charge in [-0.1, -0.05) is 22.0 Å². The molecular formula is C17H14BrN3O4S. The zero-order valence-corrected chi connectivity index (χ0v) is 16.0. The van der Waals surface area contributed by atoms with Crippen molar-refractivity contribution < 1.29 is 19.4 Å². The molecule has 0 bridgehead atoms. The van der Waals surface area contributed by atoms with Crippen LogP contribution in [0.5, 0.6) is 11.5 Å². The van der Waals surface area contributed by atoms with Crippen molar-refractivity contribution in [2.75, 3.05) is 12.8 Å². The summed E-state index contributed by atoms with van der Waals surface area (Å²) in [6.07, 6.45) is 3.17. The molecule has 2 heterocycles. The van der Waals surface area contributed by atoms with Crippen LogP contribution >= 0.6 is 27.7 Å². The number of amides is 2. The van der Waals surface area contributed by atoms with Crippen LogP contribution in [0.2, 0.25) is 0 Å². The number of benzene rings is 1. The van der Waals surface area contributed by atoms with Gasteiger partial charge in [0.1, 0.15) is 12.4 Å². The summed E-state index contributed by atoms with van der Waals surface area (Å²) in [6.45, 7) is 0.188. The third-order valence-corrected chi connectivity index (χ3v) is 5.24. The summed E-state index contributed by atoms with van der Waals surface area (Å²) in [6, 6.07) is 6.50. The minimum Gasteiger partial charge on any atom is -0.504 e. The lowest BCUT2D eigenvalue weighted by Crippen LogP contribution is -2.22. The number of aromatic hydroxyl groups is 1. The lowest BCUT2D eigenvalue weighted by atomic mass is 10.2. The number of pyridine rings is 1. The van der Waals surface area contributed by atoms with Gasteiger partial charge in [-0.15, -0.1) is 0 Å². The second-order valence-electron chi connectivity index (χ2n) is 5.46. The van der Waals surface area contributed by atoms with Gasteiger partial charge in [0.25, 0.3) is 11.1 Å². The predicted molar refractivity (Wildman–Crippen MR) is 103 cm³/mol. The number of phenols is 1. The lowest BCUT2D eigenvalue weighted by molar-refractivity contribution is -0.121. The van der Waals surface area contributed by atoms with Crippen molar-refractivity contribution in [3.05, 3.63) is 51.0 Å². The van der Waals surface area contributed by atoms with E-state index in [1.807, 2.05) is 0 Å². The topological polar surface area (TPSA) is 106 Å². The highest BCUT2D eigenvalue weighted by molar-refractivity contribution is 9.10. The molecular weight excluding hydrogens is 422 g/mol. The fourth-order valence-electron chi connectivity index (χ4n) is 2.15. The summed E-state index contributed by atoms with van der Waals surface area (Å²) in [4.78, 5) is 29.0. The number of nitrogens with two attached hydrogens (primary N) is 1. The summed E-state index contributed by atoms with van der Waals surface area (Å²) < 4.78 is 6.21. The van der Waals surface area contributed by atoms with Gasteiger partial charge in [0.2, 0.25) is 0 Å². The van der Waals surface area contributed by atoms with Gasteiger partial charge in [0.05, 0.1) is 4.91 Å². The van der Waals surface area contributed by atoms with Crippen LogP contribution < -0.4 is 10.5 Å². The molecule has 0 aliphatic carbocycles. The van der Waals surface area contributed by atoms with Crippen molar-refractivity contribution in [3.63, 3.8) is 0 Å². The van der Waals surface area contributed by atoms with Crippen LogP contribution in [0.25, 0.3) is 6.08 Å². The van der Waals surface area contributed by atoms with Gasteiger partial charge in [0, 0.05) is 23.3 Å². The number of phenolic OH excluding ortho intramolecular Hbond substituents is 1. The molecule has 3 N–H and O–H groups in total. The largest absolute Gasteiger partial charge is 0.504 e. The molecule has 3 rings (SSSR count). The van der Waals surface area contributed by atoms with E-state index in [1.54, 1.807) is 30.5 Å². The number of hydrogen-bond acceptors (Lipinski definition) is 7. The molecule has 7 nitrogen and oxygen atoms in total. The fraction of sp³-hybridized carbons (Fsp3) is 0.118. The Morgan fingerprint density at radius 1 is 1.38 bits per heavy atom. The molecule has 1 aromatic heterocycles. The van der Waals surface area contributed by atoms with E-state index in [9.17, 15) is 14.7 Å². The monoisotopic (exact) mass is 435 g/mol. The maximum Gasteiger partial charge on any atom is 0.293 e. The van der Waals surface area contributed by atoms with E-state index in [4.69, 9.17) is 10.5 Å². The molecule has 134 valence electrons. The molecule has 0 unspecified atom stereocenters. The Bertz CT molecular complexity index is 915. The van der Waals surface area contributed by atoms with Gasteiger partial charge >= 0.3 is 0 Å². The van der Waals surface area contributed by atoms with Gasteiger partial charge < -0.3 is 15.6 Å². The Morgan fingerprint density at radius 2 is 2.15 bits per heavy atom. The van der Waals surface area contributed by atoms with Gasteiger partial charge in [0.15, 0.2) is 11.5 Å². The number of ether oxygens (including phenoxy) is 1. The highest BCUT2D eigenvalue weighted by Gasteiger charge is 2.32. The number of thioether (sulfide) groups is 1. The molecule has 1 aliphatic rings. The molecule has 1 aromatic carbocycles. The zero-order valence-electron chi connectivity index (χ0n) is 13.6. The van der Waals surface area contributed by atoms with Crippen molar-refractivity contribution in [3.8, 4) is 11.5 Å². The maximum atomic E-state index is 12.0. The first kappa shape index (κ1) is 18.3. The maximum absolute atomic E-state index is 12.0. The molecule has 1 saturated heterocycles. The Balaban J connectivity index is 1.84. The quantitative estimate of drug-likeness (QED) is 0.708. The van der Waals surface area contributed by atoms with E-state index in [-0.39, 0.29) is 29.3 Å². The third-order valence-electron chi connectivity index (χ3n) is 3.59. The minimum atomic E-state index is -0.365. The summed E-state index contributed by atoms with van der Waals surface area (Å²) >= 11 is 4.20. The number of anilines is 1. The zero-order chi connectivity index (χ0) is 18.8. The van der Waals surface area contributed by atoms with Gasteiger partial charge in [-0.2, -0.15) is 0 Å². The number of halogens is 1. The fourth-order valence-corrected chi connectivity index (χ4v) is 3.42. The average molecular weight is 436 g/mol. The molecule has 1 aliphatic heterocycles. The Hall–Kier alpha value is -2.52. The number of imide groups is 1. The SMILES string of the molecule is CN1C(=O)S/C(=C\c2cc(OCc3ccc(N)nc3)c(O)cc2Br)C1=O. The minimum absolute atomic E-state index is 0.0546. The number of aromatic nitrogens is 1. The predicted octanol–water partition coefficient (Wildman–Crippen LogP) is 3.38. The number of hydrogen-bond donors (Lipinski definition) is 2. The van der Waals surface area contributed by atoms with Crippen molar-refractivity contribution in [2.45, 2.75) is 6.61 Å². The molecule has 26 heavy (non-hydrogen) atoms. The second kappa shape index (κ2) is 7.38. The number of nitrogens with zero attached hydrogens (tertiary/aromatic N) is 2. The van der Waals surface area contributed by atoms with Crippen molar-refractivity contribution in [1.29, 1.82) is 0 Å². The first-order chi connectivity index (χ1) is 12.3. The van der Waals surface area contributed by atoms with Crippen molar-refractivity contribution in [1.82, 2.24) is 9.88 Å². The average Bonchev–Trinajstić information content (AvgIpc) is 2.84. The van der Waals surface area contributed by atoms with Crippen LogP contribution in [-0.2, 0) is 11.4 Å². The molecule has 1 fully saturated rings. The van der Waals surface area contributed by atoms with E-state index in [0.29, 0.717) is 20.8 Å². The lowest BCUT2D eigenvalue weighted by Gasteiger charge is -2.11. The first-order valence-corrected chi connectivity index (χ1v) is 9.03. The van der Waals surface area contributed by atoms with Crippen LogP contribution in [0.15, 0.2) is 39.8 Å². The Morgan fingerprint density at radius 3 is 2.77 bits per heavy atom. The van der Waals surface area contributed by atoms with E-state index >= 15 is 0 Å². The summed E-state index contributed by atoms with van der Waals surface area (Å²) in [5.41, 5.74) is 6.93. The number of likely N-dealkylation sites (N-methyl/N-ethyl adjacent to an activating group) is 1. The summed E-state index contributed by atoms with van der Waals surface area (Å²) in [5.74, 6) is 0.232. The standard InChI is InChI=1S/C17H14BrN3O4S/c1-21-16(23)14(26-17(21)24)5-10-4-13(12(22)6-11(10)18)25-8-9-2-3-15(19)20-7-9/h2-7,22H,8H2,1H3,(H2,19,20)/b14-5-. The molecule has 2 amide bonds. The third kappa shape index (κ3) is 3.83. The van der Waals surface area contributed by atoms with Crippen LogP contribution in [0, 0.1) is 0 Å². The van der Waals surface area contributed by atoms with Crippen LogP contribution in [0.1, 0.15) is 11.1 Å². The van der Waals surface area contributed by atoms with E-state index < -0.39 is 0 Å². The molecule has 2 aromatic rings. The number of rotatable bonds is 4. The van der Waals surface area contributed by atoms with Crippen molar-refractivity contribution >= 4 is 50.7 Å². The number of carbonyl (C=O) groups excluding carboxylic acids is 2. The summed E-state index contributed by atoms with van der Waals surface area (Å²) in [5, 5.41) is 9.76. The number of carbonyl (C=O) groups is 2. The van der Waals surface area contributed by atoms with E-state index in [1.165, 1.54) is 13.1 Å². The molecule has 0 radical (unpaired) electrons. The Kier molecular flexibility index (Phi) is 5.19. The molecule has 9 heteroatoms. The normalized spacial score (nSPS) is 15.8. The number of nitrogen functional groups attached to an aromatic ring is 1. The van der Waals surface area contributed by atoms with Gasteiger partial charge in [-0.25, -0.2) is 4.98 Å². The van der Waals surface area contributed by atoms with Crippen LogP contribution in [0.3, 0.4) is 0 Å². The first-order valence-electron chi connectivity index (χ1n) is 7.42. The second-order valence-corrected chi connectivity index (χ2v) is 7.31. The molecule has 0 saturated carbocycles. The molecule has 0 atom stereocenters. The van der Waals surface area contributed by atoms with E-state index in [2.05, 4.69) is 20.9 Å². The van der Waals surface area contributed by atoms with Crippen molar-refractivity contribution in [2.24, 2.45) is 0 Å². The van der Waals surface area contributed by atoms with Gasteiger partial charge in [-0.05, 0) is 41.6 Å². The van der Waals surface area contributed by atoms with Crippen LogP contribution in [0.4, 0.5) is 10.6 Å². The van der Waals surface area contributed by atoms with Gasteiger partial charge in [-0.3, -0.25) is 14.5 Å². The van der Waals surface area contributed by atoms with Crippen LogP contribution in [-0.4, -0.2) is 33.2 Å². The Labute approximate surface area is 162 Å². The smallest absolute Gasteiger partial charge is 0.293 e. The summed E-state index contributed by atoms with van der Waals surface area (Å²) in [7, 11) is 1.43. The highest BCUT2D eigenvalue weighted by Crippen LogP contribution is 2.37.